The molecule has 3 heterocycles. The van der Waals surface area contributed by atoms with Crippen LogP contribution in [-0.2, 0) is 0 Å². The first kappa shape index (κ1) is 12.0. The predicted octanol–water partition coefficient (Wildman–Crippen LogP) is 2.33. The number of aromatic nitrogens is 4. The predicted molar refractivity (Wildman–Crippen MR) is 80.8 cm³/mol. The summed E-state index contributed by atoms with van der Waals surface area (Å²) < 4.78 is 1.78. The highest BCUT2D eigenvalue weighted by Gasteiger charge is 2.16. The molecule has 0 aliphatic rings. The summed E-state index contributed by atoms with van der Waals surface area (Å²) in [6.07, 6.45) is 8.90. The Bertz CT molecular complexity index is 923. The zero-order valence-corrected chi connectivity index (χ0v) is 11.2. The number of benzene rings is 1. The maximum Gasteiger partial charge on any atom is 0.0896 e. The number of nitrogens with two attached hydrogens (primary N) is 1. The van der Waals surface area contributed by atoms with Crippen molar-refractivity contribution in [3.63, 3.8) is 0 Å². The van der Waals surface area contributed by atoms with Crippen molar-refractivity contribution in [1.82, 2.24) is 19.6 Å². The zero-order chi connectivity index (χ0) is 14.2. The van der Waals surface area contributed by atoms with Crippen LogP contribution >= 0.6 is 0 Å². The second-order valence-electron chi connectivity index (χ2n) is 4.90. The lowest BCUT2D eigenvalue weighted by Gasteiger charge is -2.13. The highest BCUT2D eigenvalue weighted by molar-refractivity contribution is 5.83. The molecule has 0 bridgehead atoms. The monoisotopic (exact) mass is 275 g/mol. The zero-order valence-electron chi connectivity index (χ0n) is 11.2. The van der Waals surface area contributed by atoms with Gasteiger partial charge in [0, 0.05) is 29.5 Å². The minimum atomic E-state index is -0.264. The van der Waals surface area contributed by atoms with Gasteiger partial charge < -0.3 is 5.73 Å². The van der Waals surface area contributed by atoms with E-state index in [1.54, 1.807) is 29.3 Å². The highest BCUT2D eigenvalue weighted by atomic mass is 15.2. The molecule has 0 aliphatic heterocycles. The van der Waals surface area contributed by atoms with Crippen LogP contribution < -0.4 is 5.73 Å². The van der Waals surface area contributed by atoms with Crippen LogP contribution in [-0.4, -0.2) is 19.6 Å². The van der Waals surface area contributed by atoms with E-state index < -0.39 is 0 Å². The van der Waals surface area contributed by atoms with E-state index in [0.717, 1.165) is 27.5 Å². The average molecular weight is 275 g/mol. The van der Waals surface area contributed by atoms with Gasteiger partial charge in [-0.3, -0.25) is 9.97 Å². The van der Waals surface area contributed by atoms with Crippen molar-refractivity contribution < 1.29 is 0 Å². The molecule has 21 heavy (non-hydrogen) atoms. The molecule has 1 atom stereocenters. The Morgan fingerprint density at radius 1 is 1.00 bits per heavy atom. The Morgan fingerprint density at radius 3 is 2.90 bits per heavy atom. The minimum absolute atomic E-state index is 0.264. The molecular formula is C16H13N5. The van der Waals surface area contributed by atoms with E-state index >= 15 is 0 Å². The third-order valence-electron chi connectivity index (χ3n) is 3.70. The molecule has 0 amide bonds. The first-order chi connectivity index (χ1) is 10.3. The van der Waals surface area contributed by atoms with Gasteiger partial charge in [0.1, 0.15) is 0 Å². The molecule has 5 nitrogen and oxygen atoms in total. The summed E-state index contributed by atoms with van der Waals surface area (Å²) in [5, 5.41) is 5.39. The lowest BCUT2D eigenvalue weighted by Crippen LogP contribution is -2.12. The van der Waals surface area contributed by atoms with Gasteiger partial charge in [0.2, 0.25) is 0 Å². The largest absolute Gasteiger partial charge is 0.320 e. The summed E-state index contributed by atoms with van der Waals surface area (Å²) in [4.78, 5) is 8.53. The van der Waals surface area contributed by atoms with Crippen LogP contribution in [0.1, 0.15) is 17.2 Å². The van der Waals surface area contributed by atoms with Crippen molar-refractivity contribution in [3.05, 3.63) is 72.4 Å². The Balaban J connectivity index is 1.92. The second kappa shape index (κ2) is 4.64. The van der Waals surface area contributed by atoms with Crippen molar-refractivity contribution in [3.8, 4) is 0 Å². The van der Waals surface area contributed by atoms with E-state index in [4.69, 9.17) is 5.73 Å². The number of fused-ring (bicyclic) bond motifs is 2. The second-order valence-corrected chi connectivity index (χ2v) is 4.90. The first-order valence-corrected chi connectivity index (χ1v) is 6.71. The topological polar surface area (TPSA) is 69.1 Å². The van der Waals surface area contributed by atoms with E-state index in [-0.39, 0.29) is 6.04 Å². The average Bonchev–Trinajstić information content (AvgIpc) is 2.98. The fourth-order valence-corrected chi connectivity index (χ4v) is 2.66. The van der Waals surface area contributed by atoms with Crippen LogP contribution in [0.15, 0.2) is 61.3 Å². The fraction of sp³-hybridized carbons (Fsp3) is 0.0625. The molecule has 0 saturated carbocycles. The molecule has 1 unspecified atom stereocenters. The molecule has 102 valence electrons. The van der Waals surface area contributed by atoms with Gasteiger partial charge in [-0.2, -0.15) is 5.10 Å². The molecular weight excluding hydrogens is 262 g/mol. The maximum atomic E-state index is 6.48. The fourth-order valence-electron chi connectivity index (χ4n) is 2.66. The van der Waals surface area contributed by atoms with E-state index in [1.165, 1.54) is 0 Å². The van der Waals surface area contributed by atoms with Crippen LogP contribution in [0.25, 0.3) is 16.4 Å². The molecule has 3 aromatic heterocycles. The summed E-state index contributed by atoms with van der Waals surface area (Å²) in [6, 6.07) is 9.71. The summed E-state index contributed by atoms with van der Waals surface area (Å²) in [5.74, 6) is 0. The molecule has 0 radical (unpaired) electrons. The highest BCUT2D eigenvalue weighted by Crippen LogP contribution is 2.28. The van der Waals surface area contributed by atoms with E-state index in [1.807, 2.05) is 36.5 Å². The smallest absolute Gasteiger partial charge is 0.0896 e. The van der Waals surface area contributed by atoms with Gasteiger partial charge in [0.05, 0.1) is 29.5 Å². The van der Waals surface area contributed by atoms with Crippen molar-refractivity contribution in [2.75, 3.05) is 0 Å². The van der Waals surface area contributed by atoms with Crippen molar-refractivity contribution in [1.29, 1.82) is 0 Å². The summed E-state index contributed by atoms with van der Waals surface area (Å²) >= 11 is 0. The summed E-state index contributed by atoms with van der Waals surface area (Å²) in [5.41, 5.74) is 10.3. The number of nitrogens with zero attached hydrogens (tertiary/aromatic N) is 4. The van der Waals surface area contributed by atoms with E-state index in [2.05, 4.69) is 15.1 Å². The van der Waals surface area contributed by atoms with Crippen LogP contribution in [0.5, 0.6) is 0 Å². The molecule has 0 aliphatic carbocycles. The number of rotatable bonds is 2. The molecule has 0 saturated heterocycles. The van der Waals surface area contributed by atoms with Gasteiger partial charge in [-0.05, 0) is 17.7 Å². The molecule has 0 fully saturated rings. The van der Waals surface area contributed by atoms with Gasteiger partial charge in [0.25, 0.3) is 0 Å². The van der Waals surface area contributed by atoms with Crippen LogP contribution in [0.3, 0.4) is 0 Å². The van der Waals surface area contributed by atoms with Crippen molar-refractivity contribution >= 4 is 16.4 Å². The van der Waals surface area contributed by atoms with E-state index in [9.17, 15) is 0 Å². The van der Waals surface area contributed by atoms with Crippen LogP contribution in [0, 0.1) is 0 Å². The Labute approximate surface area is 121 Å². The third-order valence-corrected chi connectivity index (χ3v) is 3.70. The van der Waals surface area contributed by atoms with Gasteiger partial charge in [-0.25, -0.2) is 4.52 Å². The minimum Gasteiger partial charge on any atom is -0.320 e. The molecule has 2 N–H and O–H groups in total. The third kappa shape index (κ3) is 1.86. The van der Waals surface area contributed by atoms with Gasteiger partial charge in [-0.15, -0.1) is 0 Å². The van der Waals surface area contributed by atoms with Gasteiger partial charge in [0.15, 0.2) is 0 Å². The van der Waals surface area contributed by atoms with Gasteiger partial charge >= 0.3 is 0 Å². The van der Waals surface area contributed by atoms with E-state index in [0.29, 0.717) is 0 Å². The van der Waals surface area contributed by atoms with Crippen LogP contribution in [0.4, 0.5) is 0 Å². The van der Waals surface area contributed by atoms with Crippen LogP contribution in [0.2, 0.25) is 0 Å². The van der Waals surface area contributed by atoms with Crippen molar-refractivity contribution in [2.45, 2.75) is 6.04 Å². The number of hydrogen-bond donors (Lipinski definition) is 1. The standard InChI is InChI=1S/C16H13N5/c17-16(13-9-20-21-8-7-18-10-15(13)21)12-3-1-5-14-11(12)4-2-6-19-14/h1-10,16H,17H2. The lowest BCUT2D eigenvalue weighted by atomic mass is 9.97. The molecule has 4 aromatic rings. The lowest BCUT2D eigenvalue weighted by molar-refractivity contribution is 0.888. The molecule has 4 rings (SSSR count). The van der Waals surface area contributed by atoms with Crippen molar-refractivity contribution in [2.24, 2.45) is 5.73 Å². The molecule has 0 spiro atoms. The SMILES string of the molecule is NC(c1cccc2ncccc12)c1cnn2ccncc12. The normalized spacial score (nSPS) is 12.8. The molecule has 5 heteroatoms. The first-order valence-electron chi connectivity index (χ1n) is 6.71. The Hall–Kier alpha value is -2.79. The summed E-state index contributed by atoms with van der Waals surface area (Å²) in [6.45, 7) is 0. The quantitative estimate of drug-likeness (QED) is 0.609. The maximum absolute atomic E-state index is 6.48. The Morgan fingerprint density at radius 2 is 1.95 bits per heavy atom. The summed E-state index contributed by atoms with van der Waals surface area (Å²) in [7, 11) is 0. The number of pyridine rings is 1. The Kier molecular flexibility index (Phi) is 2.65. The number of hydrogen-bond acceptors (Lipinski definition) is 4. The van der Waals surface area contributed by atoms with Gasteiger partial charge in [-0.1, -0.05) is 18.2 Å². The molecule has 1 aromatic carbocycles.